The molecular weight excluding hydrogens is 214 g/mol. The van der Waals surface area contributed by atoms with Crippen LogP contribution in [0.3, 0.4) is 0 Å². The molecule has 1 N–H and O–H groups in total. The normalized spacial score (nSPS) is 10.5. The highest BCUT2D eigenvalue weighted by Crippen LogP contribution is 2.13. The summed E-state index contributed by atoms with van der Waals surface area (Å²) in [6, 6.07) is 3.88. The van der Waals surface area contributed by atoms with Gasteiger partial charge in [-0.2, -0.15) is 5.10 Å². The van der Waals surface area contributed by atoms with Crippen LogP contribution in [-0.4, -0.2) is 19.7 Å². The van der Waals surface area contributed by atoms with E-state index in [2.05, 4.69) is 27.3 Å². The van der Waals surface area contributed by atoms with Crippen molar-refractivity contribution in [2.45, 2.75) is 33.7 Å². The van der Waals surface area contributed by atoms with E-state index >= 15 is 0 Å². The summed E-state index contributed by atoms with van der Waals surface area (Å²) >= 11 is 0. The Balaban J connectivity index is 2.22. The minimum Gasteiger partial charge on any atom is -0.309 e. The fourth-order valence-corrected chi connectivity index (χ4v) is 1.73. The summed E-state index contributed by atoms with van der Waals surface area (Å²) < 4.78 is 1.92. The van der Waals surface area contributed by atoms with E-state index in [9.17, 15) is 0 Å². The lowest BCUT2D eigenvalue weighted by Gasteiger charge is -2.08. The van der Waals surface area contributed by atoms with Crippen LogP contribution in [0.4, 0.5) is 11.8 Å². The van der Waals surface area contributed by atoms with Crippen LogP contribution in [0.1, 0.15) is 24.7 Å². The zero-order valence-electron chi connectivity index (χ0n) is 10.4. The Hall–Kier alpha value is -1.91. The summed E-state index contributed by atoms with van der Waals surface area (Å²) in [5.74, 6) is 1.55. The Bertz CT molecular complexity index is 483. The number of anilines is 2. The van der Waals surface area contributed by atoms with E-state index in [1.807, 2.05) is 30.7 Å². The molecule has 0 aliphatic rings. The molecular formula is C12H17N5. The molecule has 0 saturated heterocycles. The number of hydrogen-bond acceptors (Lipinski definition) is 4. The van der Waals surface area contributed by atoms with Gasteiger partial charge in [-0.3, -0.25) is 0 Å². The first-order valence-corrected chi connectivity index (χ1v) is 5.80. The number of nitrogens with one attached hydrogen (secondary N) is 1. The maximum atomic E-state index is 4.35. The van der Waals surface area contributed by atoms with Gasteiger partial charge in [0.25, 0.3) is 0 Å². The largest absolute Gasteiger partial charge is 0.309 e. The molecule has 0 fully saturated rings. The third-order valence-electron chi connectivity index (χ3n) is 2.37. The van der Waals surface area contributed by atoms with E-state index in [0.717, 1.165) is 30.2 Å². The minimum absolute atomic E-state index is 0.625. The maximum Gasteiger partial charge on any atom is 0.228 e. The molecule has 90 valence electrons. The molecule has 0 aliphatic carbocycles. The smallest absolute Gasteiger partial charge is 0.228 e. The minimum atomic E-state index is 0.625. The SMILES string of the molecule is CCCn1nccc1Nc1nc(C)cc(C)n1. The molecule has 0 aromatic carbocycles. The Morgan fingerprint density at radius 3 is 2.59 bits per heavy atom. The van der Waals surface area contributed by atoms with Crippen molar-refractivity contribution in [1.29, 1.82) is 0 Å². The van der Waals surface area contributed by atoms with E-state index in [1.54, 1.807) is 6.20 Å². The Kier molecular flexibility index (Phi) is 3.37. The fraction of sp³-hybridized carbons (Fsp3) is 0.417. The van der Waals surface area contributed by atoms with Gasteiger partial charge in [0.1, 0.15) is 5.82 Å². The first-order valence-electron chi connectivity index (χ1n) is 5.80. The van der Waals surface area contributed by atoms with Crippen molar-refractivity contribution in [3.63, 3.8) is 0 Å². The van der Waals surface area contributed by atoms with Crippen molar-refractivity contribution in [3.8, 4) is 0 Å². The first-order chi connectivity index (χ1) is 8.19. The molecule has 5 heteroatoms. The van der Waals surface area contributed by atoms with Crippen molar-refractivity contribution < 1.29 is 0 Å². The van der Waals surface area contributed by atoms with Crippen LogP contribution < -0.4 is 5.32 Å². The second-order valence-electron chi connectivity index (χ2n) is 4.04. The van der Waals surface area contributed by atoms with Gasteiger partial charge < -0.3 is 5.32 Å². The second kappa shape index (κ2) is 4.95. The number of nitrogens with zero attached hydrogens (tertiary/aromatic N) is 4. The first kappa shape index (κ1) is 11.6. The lowest BCUT2D eigenvalue weighted by atomic mass is 10.4. The summed E-state index contributed by atoms with van der Waals surface area (Å²) in [5.41, 5.74) is 1.92. The van der Waals surface area contributed by atoms with E-state index in [1.165, 1.54) is 0 Å². The summed E-state index contributed by atoms with van der Waals surface area (Å²) in [4.78, 5) is 8.69. The molecule has 0 aliphatic heterocycles. The third-order valence-corrected chi connectivity index (χ3v) is 2.37. The third kappa shape index (κ3) is 2.81. The van der Waals surface area contributed by atoms with Gasteiger partial charge in [0.15, 0.2) is 0 Å². The van der Waals surface area contributed by atoms with Crippen LogP contribution >= 0.6 is 0 Å². The van der Waals surface area contributed by atoms with Gasteiger partial charge in [0.05, 0.1) is 6.20 Å². The predicted molar refractivity (Wildman–Crippen MR) is 67.3 cm³/mol. The van der Waals surface area contributed by atoms with Crippen molar-refractivity contribution in [2.24, 2.45) is 0 Å². The molecule has 0 spiro atoms. The van der Waals surface area contributed by atoms with Gasteiger partial charge in [-0.25, -0.2) is 14.6 Å². The Morgan fingerprint density at radius 1 is 1.24 bits per heavy atom. The topological polar surface area (TPSA) is 55.6 Å². The summed E-state index contributed by atoms with van der Waals surface area (Å²) in [5, 5.41) is 7.44. The second-order valence-corrected chi connectivity index (χ2v) is 4.04. The molecule has 2 rings (SSSR count). The average Bonchev–Trinajstić information content (AvgIpc) is 2.65. The molecule has 2 heterocycles. The summed E-state index contributed by atoms with van der Waals surface area (Å²) in [6.45, 7) is 6.94. The van der Waals surface area contributed by atoms with Gasteiger partial charge in [0, 0.05) is 24.0 Å². The van der Waals surface area contributed by atoms with Crippen LogP contribution in [0.25, 0.3) is 0 Å². The van der Waals surface area contributed by atoms with Gasteiger partial charge in [0.2, 0.25) is 5.95 Å². The van der Waals surface area contributed by atoms with Gasteiger partial charge in [-0.1, -0.05) is 6.92 Å². The van der Waals surface area contributed by atoms with E-state index in [0.29, 0.717) is 5.95 Å². The molecule has 2 aromatic rings. The Labute approximate surface area is 101 Å². The van der Waals surface area contributed by atoms with Crippen LogP contribution in [0, 0.1) is 13.8 Å². The van der Waals surface area contributed by atoms with E-state index < -0.39 is 0 Å². The molecule has 17 heavy (non-hydrogen) atoms. The number of aromatic nitrogens is 4. The zero-order valence-corrected chi connectivity index (χ0v) is 10.4. The number of hydrogen-bond donors (Lipinski definition) is 1. The van der Waals surface area contributed by atoms with Gasteiger partial charge in [-0.05, 0) is 26.3 Å². The lowest BCUT2D eigenvalue weighted by Crippen LogP contribution is -2.07. The van der Waals surface area contributed by atoms with Crippen molar-refractivity contribution in [2.75, 3.05) is 5.32 Å². The molecule has 0 amide bonds. The zero-order chi connectivity index (χ0) is 12.3. The number of aryl methyl sites for hydroxylation is 3. The fourth-order valence-electron chi connectivity index (χ4n) is 1.73. The molecule has 0 bridgehead atoms. The predicted octanol–water partition coefficient (Wildman–Crippen LogP) is 2.44. The van der Waals surface area contributed by atoms with Crippen LogP contribution in [-0.2, 0) is 6.54 Å². The van der Waals surface area contributed by atoms with Crippen LogP contribution in [0.2, 0.25) is 0 Å². The summed E-state index contributed by atoms with van der Waals surface area (Å²) in [7, 11) is 0. The highest BCUT2D eigenvalue weighted by molar-refractivity contribution is 5.47. The quantitative estimate of drug-likeness (QED) is 0.878. The van der Waals surface area contributed by atoms with E-state index in [4.69, 9.17) is 0 Å². The molecule has 0 radical (unpaired) electrons. The molecule has 0 unspecified atom stereocenters. The van der Waals surface area contributed by atoms with Gasteiger partial charge in [-0.15, -0.1) is 0 Å². The molecule has 5 nitrogen and oxygen atoms in total. The van der Waals surface area contributed by atoms with Gasteiger partial charge >= 0.3 is 0 Å². The highest BCUT2D eigenvalue weighted by atomic mass is 15.3. The van der Waals surface area contributed by atoms with Crippen LogP contribution in [0.5, 0.6) is 0 Å². The maximum absolute atomic E-state index is 4.35. The number of rotatable bonds is 4. The molecule has 0 atom stereocenters. The van der Waals surface area contributed by atoms with E-state index in [-0.39, 0.29) is 0 Å². The van der Waals surface area contributed by atoms with Crippen molar-refractivity contribution in [3.05, 3.63) is 29.7 Å². The lowest BCUT2D eigenvalue weighted by molar-refractivity contribution is 0.609. The molecule has 2 aromatic heterocycles. The van der Waals surface area contributed by atoms with Crippen molar-refractivity contribution in [1.82, 2.24) is 19.7 Å². The average molecular weight is 231 g/mol. The Morgan fingerprint density at radius 2 is 1.94 bits per heavy atom. The standard InChI is InChI=1S/C12H17N5/c1-4-7-17-11(5-6-13-17)16-12-14-9(2)8-10(3)15-12/h5-6,8H,4,7H2,1-3H3,(H,14,15,16). The van der Waals surface area contributed by atoms with Crippen molar-refractivity contribution >= 4 is 11.8 Å². The molecule has 0 saturated carbocycles. The van der Waals surface area contributed by atoms with Crippen LogP contribution in [0.15, 0.2) is 18.3 Å². The summed E-state index contributed by atoms with van der Waals surface area (Å²) in [6.07, 6.45) is 2.82. The monoisotopic (exact) mass is 231 g/mol. The highest BCUT2D eigenvalue weighted by Gasteiger charge is 2.04.